The van der Waals surface area contributed by atoms with Gasteiger partial charge in [-0.3, -0.25) is 9.59 Å². The molecule has 4 bridgehead atoms. The van der Waals surface area contributed by atoms with Gasteiger partial charge in [-0.15, -0.1) is 0 Å². The molecule has 4 rings (SSSR count). The Kier molecular flexibility index (Phi) is 4.71. The fourth-order valence-electron chi connectivity index (χ4n) is 4.14. The van der Waals surface area contributed by atoms with Gasteiger partial charge in [0, 0.05) is 0 Å². The highest BCUT2D eigenvalue weighted by molar-refractivity contribution is 5.73. The summed E-state index contributed by atoms with van der Waals surface area (Å²) in [7, 11) is 0. The highest BCUT2D eigenvalue weighted by Crippen LogP contribution is 2.48. The van der Waals surface area contributed by atoms with Gasteiger partial charge >= 0.3 is 11.9 Å². The Morgan fingerprint density at radius 2 is 2.09 bits per heavy atom. The van der Waals surface area contributed by atoms with Gasteiger partial charge in [-0.25, -0.2) is 0 Å². The lowest BCUT2D eigenvalue weighted by Crippen LogP contribution is -2.44. The zero-order valence-electron chi connectivity index (χ0n) is 13.5. The predicted octanol–water partition coefficient (Wildman–Crippen LogP) is 2.32. The van der Waals surface area contributed by atoms with Crippen LogP contribution < -0.4 is 0 Å². The van der Waals surface area contributed by atoms with Crippen LogP contribution in [0.25, 0.3) is 0 Å². The Morgan fingerprint density at radius 1 is 1.27 bits per heavy atom. The van der Waals surface area contributed by atoms with Crippen LogP contribution >= 0.6 is 0 Å². The van der Waals surface area contributed by atoms with Gasteiger partial charge < -0.3 is 14.2 Å². The predicted molar refractivity (Wildman–Crippen MR) is 79.0 cm³/mol. The molecule has 22 heavy (non-hydrogen) atoms. The van der Waals surface area contributed by atoms with Crippen LogP contribution in [0.1, 0.15) is 46.0 Å². The summed E-state index contributed by atoms with van der Waals surface area (Å²) in [6.07, 6.45) is 4.61. The van der Waals surface area contributed by atoms with E-state index < -0.39 is 0 Å². The van der Waals surface area contributed by atoms with Crippen molar-refractivity contribution in [3.05, 3.63) is 0 Å². The molecule has 0 spiro atoms. The first kappa shape index (κ1) is 15.8. The molecule has 5 nitrogen and oxygen atoms in total. The SMILES string of the molecule is CCC(C)C(=O)OCCOC1C2CC3CC(C2)C(=O)OC1C3. The van der Waals surface area contributed by atoms with E-state index in [2.05, 4.69) is 0 Å². The average Bonchev–Trinajstić information content (AvgIpc) is 2.67. The summed E-state index contributed by atoms with van der Waals surface area (Å²) in [5, 5.41) is 0. The van der Waals surface area contributed by atoms with Gasteiger partial charge in [0.05, 0.1) is 24.5 Å². The lowest BCUT2D eigenvalue weighted by atomic mass is 9.67. The number of fused-ring (bicyclic) bond motifs is 1. The number of hydrogen-bond acceptors (Lipinski definition) is 5. The highest BCUT2D eigenvalue weighted by atomic mass is 16.6. The maximum absolute atomic E-state index is 12.0. The number of rotatable bonds is 6. The van der Waals surface area contributed by atoms with Crippen molar-refractivity contribution in [1.29, 1.82) is 0 Å². The van der Waals surface area contributed by atoms with Gasteiger partial charge in [0.1, 0.15) is 12.7 Å². The van der Waals surface area contributed by atoms with Crippen LogP contribution in [0, 0.1) is 23.7 Å². The Balaban J connectivity index is 1.49. The molecule has 2 saturated carbocycles. The van der Waals surface area contributed by atoms with E-state index in [0.717, 1.165) is 32.1 Å². The Labute approximate surface area is 131 Å². The van der Waals surface area contributed by atoms with Crippen molar-refractivity contribution in [1.82, 2.24) is 0 Å². The van der Waals surface area contributed by atoms with Crippen molar-refractivity contribution in [3.8, 4) is 0 Å². The minimum absolute atomic E-state index is 0.0206. The maximum atomic E-state index is 12.0. The van der Waals surface area contributed by atoms with Crippen molar-refractivity contribution in [2.75, 3.05) is 13.2 Å². The van der Waals surface area contributed by atoms with Crippen LogP contribution in [0.2, 0.25) is 0 Å². The summed E-state index contributed by atoms with van der Waals surface area (Å²) >= 11 is 0. The molecule has 0 radical (unpaired) electrons. The van der Waals surface area contributed by atoms with Crippen LogP contribution in [0.4, 0.5) is 0 Å². The second-order valence-corrected chi connectivity index (χ2v) is 7.05. The largest absolute Gasteiger partial charge is 0.463 e. The molecule has 2 aliphatic carbocycles. The van der Waals surface area contributed by atoms with E-state index >= 15 is 0 Å². The number of carbonyl (C=O) groups is 2. The molecule has 124 valence electrons. The van der Waals surface area contributed by atoms with Gasteiger partial charge in [0.25, 0.3) is 0 Å². The molecule has 0 aromatic rings. The van der Waals surface area contributed by atoms with Crippen LogP contribution in [-0.2, 0) is 23.8 Å². The molecule has 6 atom stereocenters. The first-order chi connectivity index (χ1) is 10.6. The molecule has 6 unspecified atom stereocenters. The smallest absolute Gasteiger partial charge is 0.309 e. The van der Waals surface area contributed by atoms with Crippen LogP contribution in [0.15, 0.2) is 0 Å². The monoisotopic (exact) mass is 310 g/mol. The van der Waals surface area contributed by atoms with Crippen LogP contribution in [0.3, 0.4) is 0 Å². The Hall–Kier alpha value is -1.10. The lowest BCUT2D eigenvalue weighted by Gasteiger charge is -2.41. The molecule has 2 saturated heterocycles. The third-order valence-corrected chi connectivity index (χ3v) is 5.49. The van der Waals surface area contributed by atoms with E-state index in [9.17, 15) is 9.59 Å². The third-order valence-electron chi connectivity index (χ3n) is 5.49. The molecular weight excluding hydrogens is 284 g/mol. The first-order valence-corrected chi connectivity index (χ1v) is 8.57. The van der Waals surface area contributed by atoms with Crippen molar-refractivity contribution >= 4 is 11.9 Å². The summed E-state index contributed by atoms with van der Waals surface area (Å²) in [5.41, 5.74) is 0. The standard InChI is InChI=1S/C17H26O5/c1-3-10(2)16(18)21-5-4-20-15-12-6-11-7-13(9-12)17(19)22-14(15)8-11/h10-15H,3-9H2,1-2H3. The molecule has 4 fully saturated rings. The minimum Gasteiger partial charge on any atom is -0.463 e. The van der Waals surface area contributed by atoms with Gasteiger partial charge in [-0.1, -0.05) is 13.8 Å². The van der Waals surface area contributed by atoms with Crippen molar-refractivity contribution in [2.24, 2.45) is 23.7 Å². The normalized spacial score (nSPS) is 37.5. The fraction of sp³-hybridized carbons (Fsp3) is 0.882. The molecule has 0 N–H and O–H groups in total. The van der Waals surface area contributed by atoms with E-state index in [-0.39, 0.29) is 42.6 Å². The summed E-state index contributed by atoms with van der Waals surface area (Å²) in [6.45, 7) is 4.49. The molecule has 2 aliphatic heterocycles. The van der Waals surface area contributed by atoms with Crippen molar-refractivity contribution < 1.29 is 23.8 Å². The van der Waals surface area contributed by atoms with Gasteiger partial charge in [0.15, 0.2) is 0 Å². The number of esters is 2. The number of hydrogen-bond donors (Lipinski definition) is 0. The van der Waals surface area contributed by atoms with E-state index in [1.807, 2.05) is 13.8 Å². The van der Waals surface area contributed by atoms with E-state index in [1.165, 1.54) is 0 Å². The molecule has 2 heterocycles. The summed E-state index contributed by atoms with van der Waals surface area (Å²) in [5.74, 6) is 0.838. The molecule has 5 heteroatoms. The maximum Gasteiger partial charge on any atom is 0.309 e. The lowest BCUT2D eigenvalue weighted by molar-refractivity contribution is -0.162. The van der Waals surface area contributed by atoms with E-state index in [0.29, 0.717) is 18.4 Å². The zero-order chi connectivity index (χ0) is 15.7. The van der Waals surface area contributed by atoms with Crippen molar-refractivity contribution in [3.63, 3.8) is 0 Å². The van der Waals surface area contributed by atoms with Gasteiger partial charge in [-0.05, 0) is 43.9 Å². The quantitative estimate of drug-likeness (QED) is 0.556. The average molecular weight is 310 g/mol. The molecule has 4 aliphatic rings. The number of ether oxygens (including phenoxy) is 3. The van der Waals surface area contributed by atoms with Crippen LogP contribution in [0.5, 0.6) is 0 Å². The molecule has 0 aromatic heterocycles. The Morgan fingerprint density at radius 3 is 2.86 bits per heavy atom. The zero-order valence-corrected chi connectivity index (χ0v) is 13.5. The third kappa shape index (κ3) is 3.14. The topological polar surface area (TPSA) is 61.8 Å². The second kappa shape index (κ2) is 6.57. The van der Waals surface area contributed by atoms with Gasteiger partial charge in [0.2, 0.25) is 0 Å². The molecular formula is C17H26O5. The van der Waals surface area contributed by atoms with Crippen LogP contribution in [-0.4, -0.2) is 37.4 Å². The first-order valence-electron chi connectivity index (χ1n) is 8.57. The van der Waals surface area contributed by atoms with Crippen molar-refractivity contribution in [2.45, 2.75) is 58.2 Å². The van der Waals surface area contributed by atoms with E-state index in [1.54, 1.807) is 0 Å². The summed E-state index contributed by atoms with van der Waals surface area (Å²) in [6, 6.07) is 0. The second-order valence-electron chi connectivity index (χ2n) is 7.05. The summed E-state index contributed by atoms with van der Waals surface area (Å²) in [4.78, 5) is 23.6. The van der Waals surface area contributed by atoms with Gasteiger partial charge in [-0.2, -0.15) is 0 Å². The molecule has 0 aromatic carbocycles. The highest BCUT2D eigenvalue weighted by Gasteiger charge is 2.50. The Bertz CT molecular complexity index is 435. The fourth-order valence-corrected chi connectivity index (χ4v) is 4.14. The van der Waals surface area contributed by atoms with E-state index in [4.69, 9.17) is 14.2 Å². The molecule has 0 amide bonds. The number of carbonyl (C=O) groups excluding carboxylic acids is 2. The minimum atomic E-state index is -0.167. The summed E-state index contributed by atoms with van der Waals surface area (Å²) < 4.78 is 16.8.